The molecule has 2 N–H and O–H groups in total. The van der Waals surface area contributed by atoms with E-state index in [0.717, 1.165) is 36.8 Å². The lowest BCUT2D eigenvalue weighted by Crippen LogP contribution is -2.08. The summed E-state index contributed by atoms with van der Waals surface area (Å²) in [5.74, 6) is 0.485. The highest BCUT2D eigenvalue weighted by molar-refractivity contribution is 5.45. The Morgan fingerprint density at radius 3 is 2.14 bits per heavy atom. The number of unbranched alkanes of at least 4 members (excludes halogenated alkanes) is 6. The topological polar surface area (TPSA) is 40.5 Å². The van der Waals surface area contributed by atoms with Gasteiger partial charge in [0.25, 0.3) is 0 Å². The highest BCUT2D eigenvalue weighted by Crippen LogP contribution is 2.49. The maximum atomic E-state index is 10.4. The van der Waals surface area contributed by atoms with E-state index in [9.17, 15) is 10.2 Å². The van der Waals surface area contributed by atoms with Gasteiger partial charge in [0.2, 0.25) is 0 Å². The first-order valence-electron chi connectivity index (χ1n) is 12.3. The van der Waals surface area contributed by atoms with Crippen LogP contribution < -0.4 is 0 Å². The first-order chi connectivity index (χ1) is 13.7. The molecule has 0 atom stereocenters. The van der Waals surface area contributed by atoms with Gasteiger partial charge in [0.05, 0.1) is 0 Å². The van der Waals surface area contributed by atoms with Crippen molar-refractivity contribution in [3.05, 3.63) is 23.3 Å². The Balaban J connectivity index is 1.71. The van der Waals surface area contributed by atoms with Crippen molar-refractivity contribution in [1.29, 1.82) is 0 Å². The van der Waals surface area contributed by atoms with Crippen LogP contribution in [0.1, 0.15) is 122 Å². The molecule has 1 fully saturated rings. The van der Waals surface area contributed by atoms with Crippen LogP contribution in [0.25, 0.3) is 0 Å². The van der Waals surface area contributed by atoms with Crippen LogP contribution in [0.4, 0.5) is 0 Å². The van der Waals surface area contributed by atoms with Gasteiger partial charge in [0.1, 0.15) is 11.5 Å². The number of hydrogen-bond donors (Lipinski definition) is 2. The smallest absolute Gasteiger partial charge is 0.122 e. The molecule has 1 aromatic carbocycles. The van der Waals surface area contributed by atoms with Crippen molar-refractivity contribution in [3.8, 4) is 11.5 Å². The lowest BCUT2D eigenvalue weighted by Gasteiger charge is -2.22. The second-order valence-corrected chi connectivity index (χ2v) is 10.8. The van der Waals surface area contributed by atoms with Crippen LogP contribution in [0.15, 0.2) is 12.1 Å². The van der Waals surface area contributed by atoms with Gasteiger partial charge in [-0.05, 0) is 79.4 Å². The molecular weight excluding hydrogens is 356 g/mol. The van der Waals surface area contributed by atoms with Gasteiger partial charge < -0.3 is 10.2 Å². The Morgan fingerprint density at radius 1 is 0.862 bits per heavy atom. The highest BCUT2D eigenvalue weighted by Gasteiger charge is 2.35. The van der Waals surface area contributed by atoms with Crippen molar-refractivity contribution in [2.75, 3.05) is 0 Å². The average Bonchev–Trinajstić information content (AvgIpc) is 3.39. The van der Waals surface area contributed by atoms with Crippen LogP contribution in [0, 0.1) is 10.8 Å². The molecule has 0 heterocycles. The van der Waals surface area contributed by atoms with E-state index in [1.54, 1.807) is 0 Å². The number of benzene rings is 1. The molecule has 0 aliphatic heterocycles. The van der Waals surface area contributed by atoms with Crippen LogP contribution in [-0.2, 0) is 12.8 Å². The molecule has 1 aliphatic carbocycles. The number of phenols is 2. The summed E-state index contributed by atoms with van der Waals surface area (Å²) in [4.78, 5) is 0. The fraction of sp³-hybridized carbons (Fsp3) is 0.778. The van der Waals surface area contributed by atoms with Crippen LogP contribution in [0.2, 0.25) is 0 Å². The molecule has 0 aromatic heterocycles. The monoisotopic (exact) mass is 402 g/mol. The van der Waals surface area contributed by atoms with Crippen molar-refractivity contribution in [3.63, 3.8) is 0 Å². The van der Waals surface area contributed by atoms with E-state index in [4.69, 9.17) is 0 Å². The van der Waals surface area contributed by atoms with E-state index in [2.05, 4.69) is 27.7 Å². The predicted octanol–water partition coefficient (Wildman–Crippen LogP) is 8.32. The number of phenolic OH excluding ortho intramolecular Hbond substituents is 2. The third-order valence-corrected chi connectivity index (χ3v) is 7.37. The van der Waals surface area contributed by atoms with Crippen LogP contribution in [0.3, 0.4) is 0 Å². The lowest BCUT2D eigenvalue weighted by atomic mass is 9.84. The van der Waals surface area contributed by atoms with Crippen molar-refractivity contribution in [2.45, 2.75) is 124 Å². The molecule has 0 radical (unpaired) electrons. The number of aryl methyl sites for hydroxylation is 1. The molecule has 1 aliphatic rings. The molecule has 2 rings (SSSR count). The van der Waals surface area contributed by atoms with Gasteiger partial charge in [-0.1, -0.05) is 72.6 Å². The van der Waals surface area contributed by atoms with Gasteiger partial charge in [-0.2, -0.15) is 0 Å². The minimum atomic E-state index is 0.198. The first-order valence-corrected chi connectivity index (χ1v) is 12.3. The van der Waals surface area contributed by atoms with Gasteiger partial charge in [-0.15, -0.1) is 0 Å². The lowest BCUT2D eigenvalue weighted by molar-refractivity contribution is 0.307. The van der Waals surface area contributed by atoms with Gasteiger partial charge in [-0.25, -0.2) is 0 Å². The largest absolute Gasteiger partial charge is 0.508 e. The molecule has 2 heteroatoms. The third-order valence-electron chi connectivity index (χ3n) is 7.37. The van der Waals surface area contributed by atoms with E-state index in [1.165, 1.54) is 76.7 Å². The van der Waals surface area contributed by atoms with E-state index in [-0.39, 0.29) is 11.5 Å². The molecule has 1 aromatic rings. The second kappa shape index (κ2) is 11.3. The van der Waals surface area contributed by atoms with E-state index < -0.39 is 0 Å². The standard InChI is InChI=1S/C27H46O2/c1-5-26(2,3)16-12-8-6-10-14-22-20-23(28)21-25(29)24(22)15-11-7-9-13-17-27(4)18-19-27/h20-21,28-29H,5-19H2,1-4H3. The molecule has 0 saturated heterocycles. The van der Waals surface area contributed by atoms with Gasteiger partial charge in [0, 0.05) is 6.07 Å². The van der Waals surface area contributed by atoms with Crippen LogP contribution >= 0.6 is 0 Å². The average molecular weight is 403 g/mol. The summed E-state index contributed by atoms with van der Waals surface area (Å²) >= 11 is 0. The Labute approximate surface area is 180 Å². The minimum Gasteiger partial charge on any atom is -0.508 e. The highest BCUT2D eigenvalue weighted by atomic mass is 16.3. The van der Waals surface area contributed by atoms with Crippen LogP contribution in [-0.4, -0.2) is 10.2 Å². The third kappa shape index (κ3) is 9.01. The van der Waals surface area contributed by atoms with Crippen molar-refractivity contribution in [2.24, 2.45) is 10.8 Å². The number of rotatable bonds is 15. The summed E-state index contributed by atoms with van der Waals surface area (Å²) in [7, 11) is 0. The molecule has 1 saturated carbocycles. The number of aromatic hydroxyl groups is 2. The van der Waals surface area contributed by atoms with Crippen molar-refractivity contribution in [1.82, 2.24) is 0 Å². The zero-order chi connectivity index (χ0) is 21.3. The molecule has 166 valence electrons. The molecule has 0 amide bonds. The fourth-order valence-corrected chi connectivity index (χ4v) is 4.33. The molecule has 0 bridgehead atoms. The summed E-state index contributed by atoms with van der Waals surface area (Å²) < 4.78 is 0. The van der Waals surface area contributed by atoms with E-state index in [1.807, 2.05) is 6.07 Å². The summed E-state index contributed by atoms with van der Waals surface area (Å²) in [6, 6.07) is 3.39. The van der Waals surface area contributed by atoms with Gasteiger partial charge in [-0.3, -0.25) is 0 Å². The quantitative estimate of drug-likeness (QED) is 0.289. The van der Waals surface area contributed by atoms with Crippen molar-refractivity contribution >= 4 is 0 Å². The molecule has 0 unspecified atom stereocenters. The Hall–Kier alpha value is -1.18. The fourth-order valence-electron chi connectivity index (χ4n) is 4.33. The second-order valence-electron chi connectivity index (χ2n) is 10.8. The Bertz CT molecular complexity index is 613. The maximum absolute atomic E-state index is 10.4. The Morgan fingerprint density at radius 2 is 1.48 bits per heavy atom. The molecule has 2 nitrogen and oxygen atoms in total. The number of hydrogen-bond acceptors (Lipinski definition) is 2. The predicted molar refractivity (Wildman–Crippen MR) is 125 cm³/mol. The first kappa shape index (κ1) is 24.1. The van der Waals surface area contributed by atoms with E-state index in [0.29, 0.717) is 10.8 Å². The summed E-state index contributed by atoms with van der Waals surface area (Å²) in [5, 5.41) is 20.3. The summed E-state index contributed by atoms with van der Waals surface area (Å²) in [6.45, 7) is 9.42. The van der Waals surface area contributed by atoms with Crippen LogP contribution in [0.5, 0.6) is 11.5 Å². The SMILES string of the molecule is CCC(C)(C)CCCCCCc1cc(O)cc(O)c1CCCCCCC1(C)CC1. The molecule has 0 spiro atoms. The van der Waals surface area contributed by atoms with E-state index >= 15 is 0 Å². The van der Waals surface area contributed by atoms with Crippen molar-refractivity contribution < 1.29 is 10.2 Å². The summed E-state index contributed by atoms with van der Waals surface area (Å²) in [6.07, 6.45) is 18.7. The zero-order valence-corrected chi connectivity index (χ0v) is 19.7. The van der Waals surface area contributed by atoms with Gasteiger partial charge in [0.15, 0.2) is 0 Å². The zero-order valence-electron chi connectivity index (χ0n) is 19.7. The molecular formula is C27H46O2. The minimum absolute atomic E-state index is 0.198. The van der Waals surface area contributed by atoms with Gasteiger partial charge >= 0.3 is 0 Å². The normalized spacial score (nSPS) is 15.6. The Kier molecular flexibility index (Phi) is 9.37. The molecule has 29 heavy (non-hydrogen) atoms. The maximum Gasteiger partial charge on any atom is 0.122 e. The summed E-state index contributed by atoms with van der Waals surface area (Å²) in [5.41, 5.74) is 3.38.